The molecule has 0 aliphatic heterocycles. The van der Waals surface area contributed by atoms with E-state index in [0.717, 1.165) is 17.5 Å². The molecule has 0 radical (unpaired) electrons. The fourth-order valence-corrected chi connectivity index (χ4v) is 3.25. The first-order chi connectivity index (χ1) is 14.5. The van der Waals surface area contributed by atoms with Crippen LogP contribution < -0.4 is 0 Å². The Bertz CT molecular complexity index is 994. The number of hydrogen-bond donors (Lipinski definition) is 0. The molecule has 0 spiro atoms. The Hall–Kier alpha value is -2.76. The van der Waals surface area contributed by atoms with Crippen LogP contribution in [-0.2, 0) is 4.79 Å². The molecule has 0 unspecified atom stereocenters. The Labute approximate surface area is 187 Å². The summed E-state index contributed by atoms with van der Waals surface area (Å²) in [6.07, 6.45) is 2.51. The third-order valence-corrected chi connectivity index (χ3v) is 5.07. The zero-order chi connectivity index (χ0) is 21.9. The van der Waals surface area contributed by atoms with Crippen LogP contribution in [0.2, 0.25) is 5.02 Å². The van der Waals surface area contributed by atoms with Gasteiger partial charge in [0.25, 0.3) is 0 Å². The van der Waals surface area contributed by atoms with Crippen molar-refractivity contribution in [2.75, 3.05) is 14.1 Å². The molecule has 0 saturated carbocycles. The molecule has 3 aromatic rings. The Morgan fingerprint density at radius 2 is 1.67 bits per heavy atom. The van der Waals surface area contributed by atoms with Crippen molar-refractivity contribution >= 4 is 46.6 Å². The summed E-state index contributed by atoms with van der Waals surface area (Å²) >= 11 is 7.21. The topological polar surface area (TPSA) is 45.8 Å². The van der Waals surface area contributed by atoms with Crippen LogP contribution in [0, 0.1) is 0 Å². The van der Waals surface area contributed by atoms with E-state index in [2.05, 4.69) is 4.99 Å². The van der Waals surface area contributed by atoms with E-state index >= 15 is 0 Å². The molecule has 0 N–H and O–H groups in total. The first-order valence-corrected chi connectivity index (χ1v) is 10.8. The molecule has 0 saturated heterocycles. The van der Waals surface area contributed by atoms with Gasteiger partial charge in [-0.05, 0) is 66.4 Å². The van der Waals surface area contributed by atoms with E-state index in [1.807, 2.05) is 99.6 Å². The van der Waals surface area contributed by atoms with E-state index in [1.165, 1.54) is 11.8 Å². The van der Waals surface area contributed by atoms with Gasteiger partial charge in [0.05, 0.1) is 10.6 Å². The minimum absolute atomic E-state index is 0.500. The summed E-state index contributed by atoms with van der Waals surface area (Å²) in [5.74, 6) is 1.31. The summed E-state index contributed by atoms with van der Waals surface area (Å²) in [7, 11) is 3.78. The van der Waals surface area contributed by atoms with Gasteiger partial charge in [-0.25, -0.2) is 4.99 Å². The van der Waals surface area contributed by atoms with Gasteiger partial charge in [-0.15, -0.1) is 0 Å². The lowest BCUT2D eigenvalue weighted by atomic mass is 10.2. The normalized spacial score (nSPS) is 11.5. The zero-order valence-corrected chi connectivity index (χ0v) is 19.1. The van der Waals surface area contributed by atoms with Gasteiger partial charge in [0, 0.05) is 24.7 Å². The minimum Gasteiger partial charge on any atom is -0.457 e. The maximum atomic E-state index is 11.6. The molecule has 0 fully saturated rings. The average molecular weight is 441 g/mol. The zero-order valence-electron chi connectivity index (χ0n) is 17.5. The molecular weight excluding hydrogens is 416 g/mol. The largest absolute Gasteiger partial charge is 0.457 e. The van der Waals surface area contributed by atoms with Crippen molar-refractivity contribution in [3.05, 3.63) is 82.4 Å². The number of hydrogen-bond acceptors (Lipinski definition) is 4. The first-order valence-electron chi connectivity index (χ1n) is 9.57. The highest BCUT2D eigenvalue weighted by Gasteiger charge is 2.10. The molecule has 1 heterocycles. The van der Waals surface area contributed by atoms with E-state index in [1.54, 1.807) is 6.08 Å². The predicted octanol–water partition coefficient (Wildman–Crippen LogP) is 7.15. The van der Waals surface area contributed by atoms with Gasteiger partial charge in [0.1, 0.15) is 11.5 Å². The number of carbonyl (C=O) groups excluding carboxylic acids is 1. The highest BCUT2D eigenvalue weighted by Crippen LogP contribution is 2.27. The first kappa shape index (κ1) is 23.5. The van der Waals surface area contributed by atoms with Crippen molar-refractivity contribution in [3.8, 4) is 11.3 Å². The summed E-state index contributed by atoms with van der Waals surface area (Å²) in [4.78, 5) is 18.6. The standard InChI is InChI=1S/C22H19ClN2O2S.C2H6/c1-25(2)22(24-18-6-4-3-5-7-18)28-20(15-26)14-19-12-13-21(27-19)16-8-10-17(23)11-9-16;1-2/h3-15H,1-2H3;1-2H3/b20-14-,24-22?;. The third-order valence-electron chi connectivity index (χ3n) is 3.73. The number of allylic oxidation sites excluding steroid dienone is 1. The van der Waals surface area contributed by atoms with E-state index in [4.69, 9.17) is 16.0 Å². The lowest BCUT2D eigenvalue weighted by molar-refractivity contribution is -0.104. The van der Waals surface area contributed by atoms with Crippen LogP contribution in [0.5, 0.6) is 0 Å². The fourth-order valence-electron chi connectivity index (χ4n) is 2.36. The lowest BCUT2D eigenvalue weighted by Crippen LogP contribution is -2.18. The summed E-state index contributed by atoms with van der Waals surface area (Å²) in [5.41, 5.74) is 1.75. The van der Waals surface area contributed by atoms with Gasteiger partial charge in [-0.3, -0.25) is 4.79 Å². The number of amidine groups is 1. The van der Waals surface area contributed by atoms with Crippen LogP contribution in [0.25, 0.3) is 17.4 Å². The van der Waals surface area contributed by atoms with E-state index in [-0.39, 0.29) is 0 Å². The molecule has 2 aromatic carbocycles. The monoisotopic (exact) mass is 440 g/mol. The van der Waals surface area contributed by atoms with Crippen LogP contribution >= 0.6 is 23.4 Å². The van der Waals surface area contributed by atoms with Crippen LogP contribution in [0.4, 0.5) is 5.69 Å². The SMILES string of the molecule is CC.CN(C)C(=Nc1ccccc1)S/C(C=O)=C\c1ccc(-c2ccc(Cl)cc2)o1. The van der Waals surface area contributed by atoms with Crippen molar-refractivity contribution in [2.45, 2.75) is 13.8 Å². The smallest absolute Gasteiger partial charge is 0.168 e. The molecule has 0 amide bonds. The second kappa shape index (κ2) is 12.1. The number of furan rings is 1. The van der Waals surface area contributed by atoms with E-state index in [0.29, 0.717) is 26.6 Å². The summed E-state index contributed by atoms with van der Waals surface area (Å²) < 4.78 is 5.86. The number of halogens is 1. The van der Waals surface area contributed by atoms with E-state index < -0.39 is 0 Å². The minimum atomic E-state index is 0.500. The number of aliphatic imine (C=N–C) groups is 1. The van der Waals surface area contributed by atoms with Crippen molar-refractivity contribution in [1.29, 1.82) is 0 Å². The molecule has 30 heavy (non-hydrogen) atoms. The summed E-state index contributed by atoms with van der Waals surface area (Å²) in [6, 6.07) is 20.7. The quantitative estimate of drug-likeness (QED) is 0.183. The number of benzene rings is 2. The van der Waals surface area contributed by atoms with Crippen molar-refractivity contribution in [3.63, 3.8) is 0 Å². The van der Waals surface area contributed by atoms with Gasteiger partial charge >= 0.3 is 0 Å². The van der Waals surface area contributed by atoms with Crippen molar-refractivity contribution in [2.24, 2.45) is 4.99 Å². The van der Waals surface area contributed by atoms with E-state index in [9.17, 15) is 4.79 Å². The molecule has 0 atom stereocenters. The molecule has 0 bridgehead atoms. The molecule has 0 aliphatic carbocycles. The lowest BCUT2D eigenvalue weighted by Gasteiger charge is -2.14. The Morgan fingerprint density at radius 3 is 2.27 bits per heavy atom. The van der Waals surface area contributed by atoms with Gasteiger partial charge in [-0.2, -0.15) is 0 Å². The number of thioether (sulfide) groups is 1. The number of para-hydroxylation sites is 1. The highest BCUT2D eigenvalue weighted by molar-refractivity contribution is 8.17. The van der Waals surface area contributed by atoms with Gasteiger partial charge in [0.2, 0.25) is 0 Å². The third kappa shape index (κ3) is 6.94. The maximum Gasteiger partial charge on any atom is 0.168 e. The van der Waals surface area contributed by atoms with Crippen molar-refractivity contribution < 1.29 is 9.21 Å². The second-order valence-electron chi connectivity index (χ2n) is 6.10. The molecular formula is C24H25ClN2O2S. The number of nitrogens with zero attached hydrogens (tertiary/aromatic N) is 2. The molecule has 0 aliphatic rings. The molecule has 6 heteroatoms. The molecule has 3 rings (SSSR count). The van der Waals surface area contributed by atoms with Crippen LogP contribution in [0.15, 0.2) is 81.0 Å². The van der Waals surface area contributed by atoms with Gasteiger partial charge in [0.15, 0.2) is 11.5 Å². The summed E-state index contributed by atoms with van der Waals surface area (Å²) in [6.45, 7) is 4.00. The number of rotatable bonds is 5. The molecule has 1 aromatic heterocycles. The Balaban J connectivity index is 0.00000155. The Morgan fingerprint density at radius 1 is 1.00 bits per heavy atom. The Kier molecular flexibility index (Phi) is 9.45. The summed E-state index contributed by atoms with van der Waals surface area (Å²) in [5, 5.41) is 1.37. The predicted molar refractivity (Wildman–Crippen MR) is 129 cm³/mol. The highest BCUT2D eigenvalue weighted by atomic mass is 35.5. The van der Waals surface area contributed by atoms with Crippen molar-refractivity contribution in [1.82, 2.24) is 4.90 Å². The molecule has 156 valence electrons. The number of carbonyl (C=O) groups is 1. The fraction of sp³-hybridized carbons (Fsp3) is 0.167. The van der Waals surface area contributed by atoms with Crippen LogP contribution in [0.1, 0.15) is 19.6 Å². The average Bonchev–Trinajstić information content (AvgIpc) is 3.23. The molecule has 4 nitrogen and oxygen atoms in total. The maximum absolute atomic E-state index is 11.6. The second-order valence-corrected chi connectivity index (χ2v) is 7.58. The van der Waals surface area contributed by atoms with Crippen LogP contribution in [0.3, 0.4) is 0 Å². The number of aldehydes is 1. The van der Waals surface area contributed by atoms with Crippen LogP contribution in [-0.4, -0.2) is 30.4 Å². The van der Waals surface area contributed by atoms with Gasteiger partial charge < -0.3 is 9.32 Å². The van der Waals surface area contributed by atoms with Gasteiger partial charge in [-0.1, -0.05) is 43.6 Å².